The number of nitrogens with zero attached hydrogens (tertiary/aromatic N) is 2. The van der Waals surface area contributed by atoms with Crippen LogP contribution in [0.25, 0.3) is 0 Å². The number of hydrogen-bond donors (Lipinski definition) is 1. The van der Waals surface area contributed by atoms with Crippen LogP contribution >= 0.6 is 0 Å². The SMILES string of the molecule is O=C(C1CCCCC1)N1C[C@@H]2[C@H](c3ccccc31)[C@H](CO)N2C(=O)c1ccccc1. The molecule has 0 spiro atoms. The van der Waals surface area contributed by atoms with Gasteiger partial charge in [-0.1, -0.05) is 55.7 Å². The molecule has 2 heterocycles. The van der Waals surface area contributed by atoms with E-state index in [1.165, 1.54) is 6.42 Å². The number of hydrogen-bond acceptors (Lipinski definition) is 3. The summed E-state index contributed by atoms with van der Waals surface area (Å²) in [7, 11) is 0. The molecule has 2 aliphatic heterocycles. The first kappa shape index (κ1) is 19.3. The number of likely N-dealkylation sites (tertiary alicyclic amines) is 1. The van der Waals surface area contributed by atoms with Gasteiger partial charge >= 0.3 is 0 Å². The molecule has 3 aliphatic rings. The molecular weight excluding hydrogens is 376 g/mol. The Morgan fingerprint density at radius 1 is 0.933 bits per heavy atom. The van der Waals surface area contributed by atoms with Crippen LogP contribution in [0.3, 0.4) is 0 Å². The van der Waals surface area contributed by atoms with E-state index in [0.717, 1.165) is 36.9 Å². The molecule has 1 N–H and O–H groups in total. The van der Waals surface area contributed by atoms with Crippen molar-refractivity contribution in [2.75, 3.05) is 18.1 Å². The summed E-state index contributed by atoms with van der Waals surface area (Å²) in [6.45, 7) is 0.427. The normalized spacial score (nSPS) is 25.8. The topological polar surface area (TPSA) is 60.9 Å². The van der Waals surface area contributed by atoms with E-state index in [1.807, 2.05) is 53.4 Å². The molecule has 3 atom stereocenters. The number of para-hydroxylation sites is 1. The summed E-state index contributed by atoms with van der Waals surface area (Å²) in [5.41, 5.74) is 2.66. The lowest BCUT2D eigenvalue weighted by Gasteiger charge is -2.59. The molecule has 30 heavy (non-hydrogen) atoms. The Bertz CT molecular complexity index is 938. The predicted octanol–water partition coefficient (Wildman–Crippen LogP) is 3.58. The zero-order valence-corrected chi connectivity index (χ0v) is 17.1. The lowest BCUT2D eigenvalue weighted by atomic mass is 9.71. The Kier molecular flexibility index (Phi) is 5.07. The van der Waals surface area contributed by atoms with E-state index in [0.29, 0.717) is 12.1 Å². The minimum absolute atomic E-state index is 0.0641. The van der Waals surface area contributed by atoms with Gasteiger partial charge in [0, 0.05) is 29.6 Å². The molecule has 2 aromatic carbocycles. The summed E-state index contributed by atoms with van der Waals surface area (Å²) in [6, 6.07) is 16.9. The van der Waals surface area contributed by atoms with E-state index < -0.39 is 0 Å². The maximum Gasteiger partial charge on any atom is 0.254 e. The third-order valence-electron chi connectivity index (χ3n) is 7.16. The largest absolute Gasteiger partial charge is 0.394 e. The molecule has 5 nitrogen and oxygen atoms in total. The maximum absolute atomic E-state index is 13.5. The fourth-order valence-electron chi connectivity index (χ4n) is 5.67. The van der Waals surface area contributed by atoms with Crippen molar-refractivity contribution in [1.29, 1.82) is 0 Å². The standard InChI is InChI=1S/C25H28N2O3/c28-16-22-23-19-13-7-8-14-20(19)26(24(29)17-9-3-1-4-10-17)15-21(23)27(22)25(30)18-11-5-2-6-12-18/h2,5-8,11-14,17,21-23,28H,1,3-4,9-10,15-16H2/t21-,22+,23+/m1/s1. The van der Waals surface area contributed by atoms with Crippen molar-refractivity contribution in [3.63, 3.8) is 0 Å². The van der Waals surface area contributed by atoms with E-state index in [2.05, 4.69) is 6.07 Å². The monoisotopic (exact) mass is 404 g/mol. The number of carbonyl (C=O) groups excluding carboxylic acids is 2. The molecule has 5 heteroatoms. The van der Waals surface area contributed by atoms with Gasteiger partial charge in [0.05, 0.1) is 18.7 Å². The van der Waals surface area contributed by atoms with Gasteiger partial charge in [0.2, 0.25) is 5.91 Å². The molecule has 1 saturated heterocycles. The van der Waals surface area contributed by atoms with E-state index in [9.17, 15) is 14.7 Å². The average molecular weight is 405 g/mol. The van der Waals surface area contributed by atoms with Gasteiger partial charge in [-0.05, 0) is 36.6 Å². The highest BCUT2D eigenvalue weighted by Crippen LogP contribution is 2.49. The van der Waals surface area contributed by atoms with E-state index >= 15 is 0 Å². The molecule has 2 fully saturated rings. The number of amides is 2. The third-order valence-corrected chi connectivity index (χ3v) is 7.16. The molecule has 0 aromatic heterocycles. The highest BCUT2D eigenvalue weighted by Gasteiger charge is 2.55. The van der Waals surface area contributed by atoms with Crippen molar-refractivity contribution in [2.45, 2.75) is 50.1 Å². The van der Waals surface area contributed by atoms with Crippen LogP contribution in [0.1, 0.15) is 53.9 Å². The zero-order chi connectivity index (χ0) is 20.7. The van der Waals surface area contributed by atoms with Gasteiger partial charge in [0.25, 0.3) is 5.91 Å². The van der Waals surface area contributed by atoms with Crippen LogP contribution in [0.15, 0.2) is 54.6 Å². The van der Waals surface area contributed by atoms with Crippen LogP contribution in [0, 0.1) is 5.92 Å². The Hall–Kier alpha value is -2.66. The Morgan fingerprint density at radius 3 is 2.37 bits per heavy atom. The maximum atomic E-state index is 13.5. The summed E-state index contributed by atoms with van der Waals surface area (Å²) < 4.78 is 0. The number of fused-ring (bicyclic) bond motifs is 3. The third kappa shape index (κ3) is 3.03. The van der Waals surface area contributed by atoms with Crippen molar-refractivity contribution in [3.8, 4) is 0 Å². The van der Waals surface area contributed by atoms with Gasteiger partial charge in [0.1, 0.15) is 0 Å². The lowest BCUT2D eigenvalue weighted by molar-refractivity contribution is -0.124. The molecule has 1 aliphatic carbocycles. The van der Waals surface area contributed by atoms with Gasteiger partial charge in [-0.3, -0.25) is 9.59 Å². The Balaban J connectivity index is 1.49. The molecule has 0 unspecified atom stereocenters. The zero-order valence-electron chi connectivity index (χ0n) is 17.1. The first-order valence-corrected chi connectivity index (χ1v) is 11.1. The molecule has 0 radical (unpaired) electrons. The quantitative estimate of drug-likeness (QED) is 0.851. The van der Waals surface area contributed by atoms with Crippen molar-refractivity contribution in [3.05, 3.63) is 65.7 Å². The van der Waals surface area contributed by atoms with Gasteiger partial charge in [-0.15, -0.1) is 0 Å². The predicted molar refractivity (Wildman–Crippen MR) is 115 cm³/mol. The fraction of sp³-hybridized carbons (Fsp3) is 0.440. The van der Waals surface area contributed by atoms with Gasteiger partial charge in [0.15, 0.2) is 0 Å². The van der Waals surface area contributed by atoms with Crippen LogP contribution in [-0.2, 0) is 4.79 Å². The highest BCUT2D eigenvalue weighted by molar-refractivity contribution is 5.99. The molecule has 1 saturated carbocycles. The van der Waals surface area contributed by atoms with E-state index in [1.54, 1.807) is 4.90 Å². The first-order valence-electron chi connectivity index (χ1n) is 11.1. The van der Waals surface area contributed by atoms with Gasteiger partial charge in [-0.25, -0.2) is 0 Å². The van der Waals surface area contributed by atoms with Gasteiger partial charge in [-0.2, -0.15) is 0 Å². The van der Waals surface area contributed by atoms with Crippen LogP contribution in [0.2, 0.25) is 0 Å². The summed E-state index contributed by atoms with van der Waals surface area (Å²) in [5.74, 6) is 0.269. The number of aliphatic hydroxyl groups is 1. The highest BCUT2D eigenvalue weighted by atomic mass is 16.3. The van der Waals surface area contributed by atoms with Crippen LogP contribution in [0.5, 0.6) is 0 Å². The summed E-state index contributed by atoms with van der Waals surface area (Å²) in [5, 5.41) is 10.1. The Morgan fingerprint density at radius 2 is 1.63 bits per heavy atom. The molecular formula is C25H28N2O3. The smallest absolute Gasteiger partial charge is 0.254 e. The summed E-state index contributed by atoms with van der Waals surface area (Å²) in [6.07, 6.45) is 5.35. The second-order valence-electron chi connectivity index (χ2n) is 8.76. The Labute approximate surface area is 177 Å². The molecule has 2 aromatic rings. The number of carbonyl (C=O) groups is 2. The average Bonchev–Trinajstić information content (AvgIpc) is 2.80. The van der Waals surface area contributed by atoms with Crippen LogP contribution in [0.4, 0.5) is 5.69 Å². The van der Waals surface area contributed by atoms with Crippen molar-refractivity contribution in [2.24, 2.45) is 5.92 Å². The minimum Gasteiger partial charge on any atom is -0.394 e. The molecule has 0 bridgehead atoms. The van der Waals surface area contributed by atoms with Gasteiger partial charge < -0.3 is 14.9 Å². The van der Waals surface area contributed by atoms with Crippen molar-refractivity contribution < 1.29 is 14.7 Å². The van der Waals surface area contributed by atoms with E-state index in [-0.39, 0.29) is 42.3 Å². The second kappa shape index (κ2) is 7.88. The van der Waals surface area contributed by atoms with Crippen LogP contribution in [-0.4, -0.2) is 47.1 Å². The summed E-state index contributed by atoms with van der Waals surface area (Å²) >= 11 is 0. The molecule has 5 rings (SSSR count). The summed E-state index contributed by atoms with van der Waals surface area (Å²) in [4.78, 5) is 30.4. The number of anilines is 1. The molecule has 156 valence electrons. The van der Waals surface area contributed by atoms with Crippen molar-refractivity contribution >= 4 is 17.5 Å². The second-order valence-corrected chi connectivity index (χ2v) is 8.76. The first-order chi connectivity index (χ1) is 14.7. The lowest BCUT2D eigenvalue weighted by Crippen LogP contribution is -2.71. The van der Waals surface area contributed by atoms with Crippen LogP contribution < -0.4 is 4.90 Å². The van der Waals surface area contributed by atoms with Crippen molar-refractivity contribution in [1.82, 2.24) is 4.90 Å². The minimum atomic E-state index is -0.254. The fourth-order valence-corrected chi connectivity index (χ4v) is 5.67. The molecule has 2 amide bonds. The number of rotatable bonds is 3. The number of benzene rings is 2. The van der Waals surface area contributed by atoms with E-state index in [4.69, 9.17) is 0 Å². The number of aliphatic hydroxyl groups excluding tert-OH is 1.